The topological polar surface area (TPSA) is 55.6 Å². The maximum atomic E-state index is 12.5. The lowest BCUT2D eigenvalue weighted by molar-refractivity contribution is -0.140. The SMILES string of the molecule is COC1(C)CCCN(C(=O)C(N)c2ccc(C)cc2)C1. The van der Waals surface area contributed by atoms with E-state index in [0.717, 1.165) is 24.9 Å². The van der Waals surface area contributed by atoms with Crippen LogP contribution in [0.15, 0.2) is 24.3 Å². The van der Waals surface area contributed by atoms with E-state index in [-0.39, 0.29) is 11.5 Å². The van der Waals surface area contributed by atoms with Crippen molar-refractivity contribution in [2.75, 3.05) is 20.2 Å². The fourth-order valence-electron chi connectivity index (χ4n) is 2.67. The molecule has 4 heteroatoms. The molecule has 1 aliphatic heterocycles. The number of carbonyl (C=O) groups is 1. The highest BCUT2D eigenvalue weighted by molar-refractivity contribution is 5.83. The third-order valence-electron chi connectivity index (χ3n) is 4.17. The Labute approximate surface area is 120 Å². The van der Waals surface area contributed by atoms with Gasteiger partial charge in [-0.3, -0.25) is 4.79 Å². The smallest absolute Gasteiger partial charge is 0.244 e. The summed E-state index contributed by atoms with van der Waals surface area (Å²) < 4.78 is 5.53. The van der Waals surface area contributed by atoms with E-state index < -0.39 is 6.04 Å². The van der Waals surface area contributed by atoms with Gasteiger partial charge in [-0.25, -0.2) is 0 Å². The van der Waals surface area contributed by atoms with E-state index in [1.807, 2.05) is 43.0 Å². The predicted molar refractivity (Wildman–Crippen MR) is 79.3 cm³/mol. The molecule has 2 rings (SSSR count). The number of nitrogens with two attached hydrogens (primary N) is 1. The van der Waals surface area contributed by atoms with Crippen LogP contribution in [0.3, 0.4) is 0 Å². The normalized spacial score (nSPS) is 24.5. The van der Waals surface area contributed by atoms with E-state index in [4.69, 9.17) is 10.5 Å². The Morgan fingerprint density at radius 3 is 2.65 bits per heavy atom. The summed E-state index contributed by atoms with van der Waals surface area (Å²) >= 11 is 0. The summed E-state index contributed by atoms with van der Waals surface area (Å²) in [6.07, 6.45) is 1.93. The van der Waals surface area contributed by atoms with Gasteiger partial charge in [0, 0.05) is 20.2 Å². The molecule has 0 bridgehead atoms. The molecule has 2 N–H and O–H groups in total. The van der Waals surface area contributed by atoms with Crippen molar-refractivity contribution in [2.24, 2.45) is 5.73 Å². The number of aryl methyl sites for hydroxylation is 1. The fraction of sp³-hybridized carbons (Fsp3) is 0.562. The molecule has 1 amide bonds. The highest BCUT2D eigenvalue weighted by Gasteiger charge is 2.34. The molecule has 0 aromatic heterocycles. The first kappa shape index (κ1) is 15.0. The van der Waals surface area contributed by atoms with E-state index in [2.05, 4.69) is 0 Å². The van der Waals surface area contributed by atoms with Crippen LogP contribution in [0.2, 0.25) is 0 Å². The highest BCUT2D eigenvalue weighted by atomic mass is 16.5. The summed E-state index contributed by atoms with van der Waals surface area (Å²) in [5.41, 5.74) is 7.90. The van der Waals surface area contributed by atoms with E-state index in [1.165, 1.54) is 5.56 Å². The number of methoxy groups -OCH3 is 1. The molecule has 1 aromatic carbocycles. The van der Waals surface area contributed by atoms with Gasteiger partial charge >= 0.3 is 0 Å². The molecule has 2 unspecified atom stereocenters. The molecule has 0 spiro atoms. The molecule has 4 nitrogen and oxygen atoms in total. The molecule has 1 fully saturated rings. The largest absolute Gasteiger partial charge is 0.377 e. The van der Waals surface area contributed by atoms with Gasteiger partial charge in [0.2, 0.25) is 5.91 Å². The Kier molecular flexibility index (Phi) is 4.45. The van der Waals surface area contributed by atoms with E-state index >= 15 is 0 Å². The second kappa shape index (κ2) is 5.94. The zero-order chi connectivity index (χ0) is 14.8. The number of ether oxygens (including phenoxy) is 1. The van der Waals surface area contributed by atoms with Gasteiger partial charge in [0.05, 0.1) is 5.60 Å². The van der Waals surface area contributed by atoms with E-state index in [0.29, 0.717) is 6.54 Å². The molecule has 1 heterocycles. The zero-order valence-electron chi connectivity index (χ0n) is 12.6. The number of rotatable bonds is 3. The predicted octanol–water partition coefficient (Wildman–Crippen LogP) is 2.02. The van der Waals surface area contributed by atoms with Gasteiger partial charge in [-0.15, -0.1) is 0 Å². The summed E-state index contributed by atoms with van der Waals surface area (Å²) in [4.78, 5) is 14.4. The fourth-order valence-corrected chi connectivity index (χ4v) is 2.67. The summed E-state index contributed by atoms with van der Waals surface area (Å²) in [6.45, 7) is 5.44. The van der Waals surface area contributed by atoms with Gasteiger partial charge < -0.3 is 15.4 Å². The van der Waals surface area contributed by atoms with Crippen LogP contribution in [0.1, 0.15) is 36.9 Å². The Morgan fingerprint density at radius 2 is 2.05 bits per heavy atom. The molecular formula is C16H24N2O2. The van der Waals surface area contributed by atoms with Crippen LogP contribution < -0.4 is 5.73 Å². The van der Waals surface area contributed by atoms with Gasteiger partial charge in [0.15, 0.2) is 0 Å². The molecule has 2 atom stereocenters. The van der Waals surface area contributed by atoms with Gasteiger partial charge in [-0.1, -0.05) is 29.8 Å². The standard InChI is InChI=1S/C16H24N2O2/c1-12-5-7-13(8-6-12)14(17)15(19)18-10-4-9-16(2,11-18)20-3/h5-8,14H,4,9-11,17H2,1-3H3. The van der Waals surface area contributed by atoms with Crippen molar-refractivity contribution in [3.63, 3.8) is 0 Å². The third kappa shape index (κ3) is 3.19. The summed E-state index contributed by atoms with van der Waals surface area (Å²) in [5.74, 6) is -0.0168. The number of amides is 1. The summed E-state index contributed by atoms with van der Waals surface area (Å²) in [6, 6.07) is 7.24. The van der Waals surface area contributed by atoms with Crippen molar-refractivity contribution in [3.8, 4) is 0 Å². The minimum Gasteiger partial charge on any atom is -0.377 e. The third-order valence-corrected chi connectivity index (χ3v) is 4.17. The average molecular weight is 276 g/mol. The maximum Gasteiger partial charge on any atom is 0.244 e. The number of hydrogen-bond donors (Lipinski definition) is 1. The molecule has 1 aromatic rings. The first-order chi connectivity index (χ1) is 9.45. The Morgan fingerprint density at radius 1 is 1.40 bits per heavy atom. The van der Waals surface area contributed by atoms with Crippen LogP contribution in [0.5, 0.6) is 0 Å². The first-order valence-electron chi connectivity index (χ1n) is 7.11. The van der Waals surface area contributed by atoms with Crippen LogP contribution in [0, 0.1) is 6.92 Å². The van der Waals surface area contributed by atoms with Crippen LogP contribution in [0.25, 0.3) is 0 Å². The second-order valence-electron chi connectivity index (χ2n) is 5.91. The number of carbonyl (C=O) groups excluding carboxylic acids is 1. The van der Waals surface area contributed by atoms with Crippen LogP contribution >= 0.6 is 0 Å². The monoisotopic (exact) mass is 276 g/mol. The molecule has 0 radical (unpaired) electrons. The Bertz CT molecular complexity index is 472. The zero-order valence-corrected chi connectivity index (χ0v) is 12.6. The van der Waals surface area contributed by atoms with Gasteiger partial charge in [0.25, 0.3) is 0 Å². The molecule has 0 saturated carbocycles. The molecule has 110 valence electrons. The first-order valence-corrected chi connectivity index (χ1v) is 7.11. The molecule has 1 saturated heterocycles. The highest BCUT2D eigenvalue weighted by Crippen LogP contribution is 2.26. The number of likely N-dealkylation sites (tertiary alicyclic amines) is 1. The van der Waals surface area contributed by atoms with Crippen molar-refractivity contribution in [3.05, 3.63) is 35.4 Å². The lowest BCUT2D eigenvalue weighted by Gasteiger charge is -2.40. The minimum atomic E-state index is -0.588. The van der Waals surface area contributed by atoms with Crippen molar-refractivity contribution in [1.29, 1.82) is 0 Å². The maximum absolute atomic E-state index is 12.5. The number of benzene rings is 1. The van der Waals surface area contributed by atoms with Crippen LogP contribution in [-0.4, -0.2) is 36.6 Å². The van der Waals surface area contributed by atoms with E-state index in [1.54, 1.807) is 7.11 Å². The second-order valence-corrected chi connectivity index (χ2v) is 5.91. The van der Waals surface area contributed by atoms with Gasteiger partial charge in [-0.2, -0.15) is 0 Å². The Hall–Kier alpha value is -1.39. The van der Waals surface area contributed by atoms with Crippen LogP contribution in [-0.2, 0) is 9.53 Å². The number of piperidine rings is 1. The van der Waals surface area contributed by atoms with Crippen molar-refractivity contribution < 1.29 is 9.53 Å². The minimum absolute atomic E-state index is 0.0168. The number of nitrogens with zero attached hydrogens (tertiary/aromatic N) is 1. The average Bonchev–Trinajstić information content (AvgIpc) is 2.46. The van der Waals surface area contributed by atoms with Crippen molar-refractivity contribution in [1.82, 2.24) is 4.90 Å². The van der Waals surface area contributed by atoms with Gasteiger partial charge in [-0.05, 0) is 32.3 Å². The molecule has 20 heavy (non-hydrogen) atoms. The summed E-state index contributed by atoms with van der Waals surface area (Å²) in [7, 11) is 1.70. The molecule has 0 aliphatic carbocycles. The molecule has 1 aliphatic rings. The van der Waals surface area contributed by atoms with Crippen LogP contribution in [0.4, 0.5) is 0 Å². The summed E-state index contributed by atoms with van der Waals surface area (Å²) in [5, 5.41) is 0. The lowest BCUT2D eigenvalue weighted by atomic mass is 9.93. The molecular weight excluding hydrogens is 252 g/mol. The Balaban J connectivity index is 2.08. The lowest BCUT2D eigenvalue weighted by Crippen LogP contribution is -2.51. The van der Waals surface area contributed by atoms with Gasteiger partial charge in [0.1, 0.15) is 6.04 Å². The van der Waals surface area contributed by atoms with E-state index in [9.17, 15) is 4.79 Å². The van der Waals surface area contributed by atoms with Crippen molar-refractivity contribution >= 4 is 5.91 Å². The van der Waals surface area contributed by atoms with Crippen molar-refractivity contribution in [2.45, 2.75) is 38.3 Å². The number of hydrogen-bond acceptors (Lipinski definition) is 3. The quantitative estimate of drug-likeness (QED) is 0.919.